The smallest absolute Gasteiger partial charge is 0.330 e. The fraction of sp³-hybridized carbons (Fsp3) is 0.368. The number of amides is 1. The Labute approximate surface area is 147 Å². The first-order valence-corrected chi connectivity index (χ1v) is 7.88. The van der Waals surface area contributed by atoms with Gasteiger partial charge in [-0.2, -0.15) is 0 Å². The van der Waals surface area contributed by atoms with E-state index in [4.69, 9.17) is 15.6 Å². The van der Waals surface area contributed by atoms with Gasteiger partial charge < -0.3 is 20.9 Å². The zero-order chi connectivity index (χ0) is 18.8. The van der Waals surface area contributed by atoms with Gasteiger partial charge in [0, 0.05) is 17.2 Å². The molecule has 1 amide bonds. The third-order valence-electron chi connectivity index (χ3n) is 3.05. The van der Waals surface area contributed by atoms with Crippen LogP contribution in [0.5, 0.6) is 0 Å². The van der Waals surface area contributed by atoms with Gasteiger partial charge in [-0.05, 0) is 56.9 Å². The summed E-state index contributed by atoms with van der Waals surface area (Å²) in [5.74, 6) is 9.45. The average Bonchev–Trinajstić information content (AvgIpc) is 2.56. The summed E-state index contributed by atoms with van der Waals surface area (Å²) in [7, 11) is 0. The van der Waals surface area contributed by atoms with E-state index >= 15 is 0 Å². The van der Waals surface area contributed by atoms with Crippen molar-refractivity contribution in [3.8, 4) is 23.7 Å². The number of benzene rings is 1. The molecule has 0 bridgehead atoms. The Hall–Kier alpha value is -2.80. The van der Waals surface area contributed by atoms with E-state index in [-0.39, 0.29) is 6.61 Å². The SMILES string of the molecule is CCOC(=O)[C@@H](NC(=O)c1ccc(C#CC#C[C@H](C)O)cc1)[C@H](C)N. The molecule has 0 aliphatic heterocycles. The summed E-state index contributed by atoms with van der Waals surface area (Å²) >= 11 is 0. The lowest BCUT2D eigenvalue weighted by molar-refractivity contribution is -0.145. The van der Waals surface area contributed by atoms with Gasteiger partial charge in [0.2, 0.25) is 0 Å². The maximum Gasteiger partial charge on any atom is 0.330 e. The highest BCUT2D eigenvalue weighted by Gasteiger charge is 2.26. The van der Waals surface area contributed by atoms with Gasteiger partial charge >= 0.3 is 5.97 Å². The molecule has 4 N–H and O–H groups in total. The first-order valence-electron chi connectivity index (χ1n) is 7.88. The van der Waals surface area contributed by atoms with Crippen LogP contribution in [0.15, 0.2) is 24.3 Å². The van der Waals surface area contributed by atoms with E-state index in [2.05, 4.69) is 29.0 Å². The van der Waals surface area contributed by atoms with Crippen LogP contribution in [0.2, 0.25) is 0 Å². The van der Waals surface area contributed by atoms with Gasteiger partial charge in [0.25, 0.3) is 5.91 Å². The minimum absolute atomic E-state index is 0.212. The first-order chi connectivity index (χ1) is 11.8. The molecule has 0 aromatic heterocycles. The lowest BCUT2D eigenvalue weighted by atomic mass is 10.1. The predicted molar refractivity (Wildman–Crippen MR) is 94.3 cm³/mol. The van der Waals surface area contributed by atoms with Crippen LogP contribution in [0.4, 0.5) is 0 Å². The number of carbonyl (C=O) groups is 2. The zero-order valence-electron chi connectivity index (χ0n) is 14.5. The maximum atomic E-state index is 12.3. The molecule has 3 atom stereocenters. The summed E-state index contributed by atoms with van der Waals surface area (Å²) in [5, 5.41) is 11.6. The third kappa shape index (κ3) is 7.09. The first kappa shape index (κ1) is 20.2. The number of hydrogen-bond donors (Lipinski definition) is 3. The lowest BCUT2D eigenvalue weighted by Gasteiger charge is -2.20. The number of carbonyl (C=O) groups excluding carboxylic acids is 2. The molecule has 0 radical (unpaired) electrons. The summed E-state index contributed by atoms with van der Waals surface area (Å²) in [6.07, 6.45) is -0.724. The number of rotatable bonds is 5. The van der Waals surface area contributed by atoms with Crippen molar-refractivity contribution in [1.29, 1.82) is 0 Å². The monoisotopic (exact) mass is 342 g/mol. The highest BCUT2D eigenvalue weighted by atomic mass is 16.5. The van der Waals surface area contributed by atoms with Gasteiger partial charge in [0.05, 0.1) is 6.61 Å². The topological polar surface area (TPSA) is 102 Å². The van der Waals surface area contributed by atoms with Gasteiger partial charge in [0.1, 0.15) is 12.1 Å². The number of aliphatic hydroxyl groups excluding tert-OH is 1. The molecule has 0 spiro atoms. The molecule has 0 saturated heterocycles. The van der Waals surface area contributed by atoms with Gasteiger partial charge in [-0.25, -0.2) is 4.79 Å². The highest BCUT2D eigenvalue weighted by Crippen LogP contribution is 2.05. The minimum Gasteiger partial charge on any atom is -0.464 e. The number of aliphatic hydroxyl groups is 1. The Morgan fingerprint density at radius 1 is 1.24 bits per heavy atom. The molecular weight excluding hydrogens is 320 g/mol. The molecule has 132 valence electrons. The van der Waals surface area contributed by atoms with Crippen molar-refractivity contribution in [3.05, 3.63) is 35.4 Å². The average molecular weight is 342 g/mol. The van der Waals surface area contributed by atoms with Gasteiger partial charge in [0.15, 0.2) is 0 Å². The van der Waals surface area contributed by atoms with Crippen LogP contribution in [0.3, 0.4) is 0 Å². The number of nitrogens with two attached hydrogens (primary N) is 1. The molecule has 0 fully saturated rings. The summed E-state index contributed by atoms with van der Waals surface area (Å²) in [6, 6.07) is 5.01. The van der Waals surface area contributed by atoms with E-state index in [9.17, 15) is 9.59 Å². The van der Waals surface area contributed by atoms with E-state index in [0.29, 0.717) is 11.1 Å². The molecule has 0 aliphatic rings. The largest absolute Gasteiger partial charge is 0.464 e. The van der Waals surface area contributed by atoms with Crippen molar-refractivity contribution in [2.24, 2.45) is 5.73 Å². The quantitative estimate of drug-likeness (QED) is 0.532. The second-order valence-corrected chi connectivity index (χ2v) is 5.33. The molecule has 0 saturated carbocycles. The molecule has 1 rings (SSSR count). The van der Waals surface area contributed by atoms with Gasteiger partial charge in [-0.3, -0.25) is 4.79 Å². The number of nitrogens with one attached hydrogen (secondary N) is 1. The third-order valence-corrected chi connectivity index (χ3v) is 3.05. The van der Waals surface area contributed by atoms with E-state index in [1.54, 1.807) is 45.0 Å². The fourth-order valence-corrected chi connectivity index (χ4v) is 1.81. The van der Waals surface area contributed by atoms with Crippen LogP contribution in [-0.4, -0.2) is 41.8 Å². The van der Waals surface area contributed by atoms with Crippen LogP contribution in [0, 0.1) is 23.7 Å². The van der Waals surface area contributed by atoms with Crippen molar-refractivity contribution in [2.45, 2.75) is 39.0 Å². The number of ether oxygens (including phenoxy) is 1. The van der Waals surface area contributed by atoms with Crippen LogP contribution in [0.1, 0.15) is 36.7 Å². The molecule has 1 aromatic rings. The molecule has 25 heavy (non-hydrogen) atoms. The number of hydrogen-bond acceptors (Lipinski definition) is 5. The maximum absolute atomic E-state index is 12.3. The van der Waals surface area contributed by atoms with Crippen molar-refractivity contribution >= 4 is 11.9 Å². The Balaban J connectivity index is 2.79. The predicted octanol–water partition coefficient (Wildman–Crippen LogP) is 0.431. The second-order valence-electron chi connectivity index (χ2n) is 5.33. The lowest BCUT2D eigenvalue weighted by Crippen LogP contribution is -2.51. The van der Waals surface area contributed by atoms with Crippen molar-refractivity contribution in [2.75, 3.05) is 6.61 Å². The summed E-state index contributed by atoms with van der Waals surface area (Å²) in [5.41, 5.74) is 6.79. The molecule has 0 unspecified atom stereocenters. The molecule has 6 nitrogen and oxygen atoms in total. The summed E-state index contributed by atoms with van der Waals surface area (Å²) < 4.78 is 4.91. The normalized spacial score (nSPS) is 13.2. The Morgan fingerprint density at radius 3 is 2.40 bits per heavy atom. The van der Waals surface area contributed by atoms with Gasteiger partial charge in [-0.1, -0.05) is 11.8 Å². The van der Waals surface area contributed by atoms with Crippen LogP contribution in [0.25, 0.3) is 0 Å². The van der Waals surface area contributed by atoms with Gasteiger partial charge in [-0.15, -0.1) is 0 Å². The Morgan fingerprint density at radius 2 is 1.88 bits per heavy atom. The fourth-order valence-electron chi connectivity index (χ4n) is 1.81. The van der Waals surface area contributed by atoms with Crippen LogP contribution in [-0.2, 0) is 9.53 Å². The van der Waals surface area contributed by atoms with E-state index < -0.39 is 30.1 Å². The molecule has 1 aromatic carbocycles. The second kappa shape index (κ2) is 10.1. The standard InChI is InChI=1S/C19H22N2O4/c1-4-25-19(24)17(14(3)20)21-18(23)16-11-9-15(10-12-16)8-6-5-7-13(2)22/h9-14,17,22H,4,20H2,1-3H3,(H,21,23)/t13-,14-,17-/m0/s1. The minimum atomic E-state index is -0.914. The van der Waals surface area contributed by atoms with Crippen molar-refractivity contribution < 1.29 is 19.4 Å². The Kier molecular flexibility index (Phi) is 8.22. The molecule has 6 heteroatoms. The molecule has 0 aliphatic carbocycles. The Bertz CT molecular complexity index is 716. The molecule has 0 heterocycles. The van der Waals surface area contributed by atoms with E-state index in [0.717, 1.165) is 0 Å². The van der Waals surface area contributed by atoms with E-state index in [1.165, 1.54) is 0 Å². The van der Waals surface area contributed by atoms with Crippen LogP contribution < -0.4 is 11.1 Å². The van der Waals surface area contributed by atoms with Crippen LogP contribution >= 0.6 is 0 Å². The molecular formula is C19H22N2O4. The number of esters is 1. The summed E-state index contributed by atoms with van der Waals surface area (Å²) in [4.78, 5) is 24.1. The summed E-state index contributed by atoms with van der Waals surface area (Å²) in [6.45, 7) is 5.06. The van der Waals surface area contributed by atoms with Crippen molar-refractivity contribution in [3.63, 3.8) is 0 Å². The zero-order valence-corrected chi connectivity index (χ0v) is 14.5. The highest BCUT2D eigenvalue weighted by molar-refractivity contribution is 5.97. The van der Waals surface area contributed by atoms with E-state index in [1.807, 2.05) is 0 Å². The van der Waals surface area contributed by atoms with Crippen molar-refractivity contribution in [1.82, 2.24) is 5.32 Å².